The molecular formula is C19H20ClFN6O2S. The first-order chi connectivity index (χ1) is 14.3. The Balaban J connectivity index is 1.59. The van der Waals surface area contributed by atoms with E-state index in [0.29, 0.717) is 29.1 Å². The van der Waals surface area contributed by atoms with Gasteiger partial charge in [-0.05, 0) is 25.0 Å². The minimum atomic E-state index is -0.830. The molecule has 2 atom stereocenters. The van der Waals surface area contributed by atoms with Crippen LogP contribution in [0, 0.1) is 17.1 Å². The van der Waals surface area contributed by atoms with Crippen LogP contribution in [0.1, 0.15) is 29.3 Å². The first kappa shape index (κ1) is 19.5. The van der Waals surface area contributed by atoms with E-state index < -0.39 is 17.3 Å². The Hall–Kier alpha value is -2.46. The van der Waals surface area contributed by atoms with Crippen LogP contribution in [-0.4, -0.2) is 54.0 Å². The SMILES string of the molecule is COc1nc(N2C[C@H]3C(=O)N(C)C(=N)N[C@@]3(c3ccc(Cl)s3)C2)nc(C2CC2)c1F. The van der Waals surface area contributed by atoms with E-state index in [4.69, 9.17) is 21.7 Å². The van der Waals surface area contributed by atoms with Crippen molar-refractivity contribution in [1.82, 2.24) is 20.2 Å². The largest absolute Gasteiger partial charge is 0.479 e. The van der Waals surface area contributed by atoms with E-state index in [2.05, 4.69) is 15.3 Å². The molecule has 2 aromatic rings. The van der Waals surface area contributed by atoms with Gasteiger partial charge >= 0.3 is 0 Å². The summed E-state index contributed by atoms with van der Waals surface area (Å²) >= 11 is 7.56. The van der Waals surface area contributed by atoms with Crippen molar-refractivity contribution in [3.8, 4) is 5.88 Å². The molecule has 30 heavy (non-hydrogen) atoms. The second-order valence-corrected chi connectivity index (χ2v) is 9.60. The van der Waals surface area contributed by atoms with E-state index in [1.165, 1.54) is 23.3 Å². The number of ether oxygens (including phenoxy) is 1. The number of carbonyl (C=O) groups excluding carboxylic acids is 1. The summed E-state index contributed by atoms with van der Waals surface area (Å²) in [6, 6.07) is 3.66. The third-order valence-corrected chi connectivity index (χ3v) is 7.44. The Morgan fingerprint density at radius 3 is 2.80 bits per heavy atom. The van der Waals surface area contributed by atoms with Gasteiger partial charge in [0.05, 0.1) is 23.1 Å². The molecule has 4 heterocycles. The van der Waals surface area contributed by atoms with E-state index in [1.54, 1.807) is 13.1 Å². The van der Waals surface area contributed by atoms with Crippen molar-refractivity contribution in [2.75, 3.05) is 32.1 Å². The van der Waals surface area contributed by atoms with Crippen LogP contribution in [0.15, 0.2) is 12.1 Å². The zero-order valence-electron chi connectivity index (χ0n) is 16.4. The third-order valence-electron chi connectivity index (χ3n) is 6.03. The van der Waals surface area contributed by atoms with E-state index >= 15 is 0 Å². The van der Waals surface area contributed by atoms with E-state index in [9.17, 15) is 9.18 Å². The van der Waals surface area contributed by atoms with Gasteiger partial charge in [0.1, 0.15) is 5.54 Å². The average molecular weight is 451 g/mol. The molecular weight excluding hydrogens is 431 g/mol. The van der Waals surface area contributed by atoms with Gasteiger partial charge in [-0.25, -0.2) is 4.98 Å². The number of methoxy groups -OCH3 is 1. The fraction of sp³-hybridized carbons (Fsp3) is 0.474. The van der Waals surface area contributed by atoms with Gasteiger partial charge in [-0.3, -0.25) is 15.1 Å². The molecule has 0 aromatic carbocycles. The van der Waals surface area contributed by atoms with Crippen LogP contribution in [0.5, 0.6) is 5.88 Å². The van der Waals surface area contributed by atoms with Crippen molar-refractivity contribution < 1.29 is 13.9 Å². The lowest BCUT2D eigenvalue weighted by Gasteiger charge is -2.42. The predicted octanol–water partition coefficient (Wildman–Crippen LogP) is 2.54. The van der Waals surface area contributed by atoms with Crippen LogP contribution in [-0.2, 0) is 10.3 Å². The maximum absolute atomic E-state index is 14.7. The second kappa shape index (κ2) is 6.78. The highest BCUT2D eigenvalue weighted by Crippen LogP contribution is 2.46. The Morgan fingerprint density at radius 1 is 1.40 bits per heavy atom. The zero-order valence-corrected chi connectivity index (χ0v) is 18.0. The molecule has 2 N–H and O–H groups in total. The van der Waals surface area contributed by atoms with Gasteiger partial charge in [-0.1, -0.05) is 11.6 Å². The highest BCUT2D eigenvalue weighted by molar-refractivity contribution is 7.16. The number of rotatable bonds is 4. The number of nitrogens with zero attached hydrogens (tertiary/aromatic N) is 4. The van der Waals surface area contributed by atoms with Crippen LogP contribution in [0.2, 0.25) is 4.34 Å². The lowest BCUT2D eigenvalue weighted by molar-refractivity contribution is -0.133. The van der Waals surface area contributed by atoms with Gasteiger partial charge in [0.25, 0.3) is 5.88 Å². The molecule has 5 rings (SSSR count). The monoisotopic (exact) mass is 450 g/mol. The minimum absolute atomic E-state index is 0.0268. The third kappa shape index (κ3) is 2.84. The number of fused-ring (bicyclic) bond motifs is 1. The summed E-state index contributed by atoms with van der Waals surface area (Å²) < 4.78 is 20.4. The van der Waals surface area contributed by atoms with Crippen LogP contribution < -0.4 is 15.0 Å². The number of carbonyl (C=O) groups is 1. The summed E-state index contributed by atoms with van der Waals surface area (Å²) in [6.07, 6.45) is 1.78. The molecule has 0 unspecified atom stereocenters. The van der Waals surface area contributed by atoms with E-state index in [1.807, 2.05) is 11.0 Å². The number of thiophene rings is 1. The van der Waals surface area contributed by atoms with Crippen molar-refractivity contribution in [3.05, 3.63) is 32.9 Å². The van der Waals surface area contributed by atoms with Crippen molar-refractivity contribution in [2.24, 2.45) is 5.92 Å². The number of hydrogen-bond donors (Lipinski definition) is 2. The van der Waals surface area contributed by atoms with Crippen molar-refractivity contribution >= 4 is 40.8 Å². The van der Waals surface area contributed by atoms with Crippen molar-refractivity contribution in [2.45, 2.75) is 24.3 Å². The summed E-state index contributed by atoms with van der Waals surface area (Å²) in [7, 11) is 2.96. The number of anilines is 1. The number of hydrogen-bond acceptors (Lipinski definition) is 7. The number of amides is 1. The molecule has 2 aromatic heterocycles. The molecule has 0 bridgehead atoms. The van der Waals surface area contributed by atoms with E-state index in [-0.39, 0.29) is 23.7 Å². The minimum Gasteiger partial charge on any atom is -0.479 e. The van der Waals surface area contributed by atoms with Gasteiger partial charge in [-0.15, -0.1) is 11.3 Å². The summed E-state index contributed by atoms with van der Waals surface area (Å²) in [6.45, 7) is 0.674. The molecule has 0 radical (unpaired) electrons. The summed E-state index contributed by atoms with van der Waals surface area (Å²) in [5, 5.41) is 11.5. The zero-order chi connectivity index (χ0) is 21.2. The normalized spacial score (nSPS) is 26.1. The Bertz CT molecular complexity index is 1060. The molecule has 3 fully saturated rings. The average Bonchev–Trinajstić information content (AvgIpc) is 3.35. The molecule has 2 aliphatic heterocycles. The molecule has 1 amide bonds. The smallest absolute Gasteiger partial charge is 0.255 e. The topological polar surface area (TPSA) is 94.4 Å². The summed E-state index contributed by atoms with van der Waals surface area (Å²) in [5.74, 6) is -0.813. The second-order valence-electron chi connectivity index (χ2n) is 7.89. The number of halogens is 2. The maximum atomic E-state index is 14.7. The molecule has 1 saturated carbocycles. The molecule has 8 nitrogen and oxygen atoms in total. The summed E-state index contributed by atoms with van der Waals surface area (Å²) in [5.41, 5.74) is -0.465. The number of nitrogens with one attached hydrogen (secondary N) is 2. The Kier molecular flexibility index (Phi) is 4.41. The highest BCUT2D eigenvalue weighted by Gasteiger charge is 2.57. The Labute approximate surface area is 181 Å². The first-order valence-electron chi connectivity index (χ1n) is 9.60. The van der Waals surface area contributed by atoms with Crippen molar-refractivity contribution in [1.29, 1.82) is 5.41 Å². The Morgan fingerprint density at radius 2 is 2.17 bits per heavy atom. The fourth-order valence-corrected chi connectivity index (χ4v) is 5.49. The van der Waals surface area contributed by atoms with Crippen LogP contribution in [0.4, 0.5) is 10.3 Å². The molecule has 158 valence electrons. The van der Waals surface area contributed by atoms with Crippen LogP contribution >= 0.6 is 22.9 Å². The van der Waals surface area contributed by atoms with Crippen LogP contribution in [0.25, 0.3) is 0 Å². The number of guanidine groups is 1. The highest BCUT2D eigenvalue weighted by atomic mass is 35.5. The van der Waals surface area contributed by atoms with E-state index in [0.717, 1.165) is 17.7 Å². The number of aromatic nitrogens is 2. The van der Waals surface area contributed by atoms with Crippen molar-refractivity contribution in [3.63, 3.8) is 0 Å². The molecule has 2 saturated heterocycles. The van der Waals surface area contributed by atoms with Gasteiger partial charge in [0, 0.05) is 30.9 Å². The van der Waals surface area contributed by atoms with Gasteiger partial charge in [0.15, 0.2) is 5.96 Å². The van der Waals surface area contributed by atoms with Gasteiger partial charge in [-0.2, -0.15) is 9.37 Å². The maximum Gasteiger partial charge on any atom is 0.255 e. The standard InChI is InChI=1S/C19H20ClFN6O2S/c1-26-16(28)10-7-27(8-19(10,25-17(26)22)11-5-6-12(20)30-11)18-23-14(9-3-4-9)13(21)15(24-18)29-2/h5-6,9-10H,3-4,7-8H2,1-2H3,(H2,22,25)/t10-,19-/m0/s1. The van der Waals surface area contributed by atoms with Gasteiger partial charge < -0.3 is 15.0 Å². The fourth-order valence-electron chi connectivity index (χ4n) is 4.26. The molecule has 1 aliphatic carbocycles. The predicted molar refractivity (Wildman–Crippen MR) is 111 cm³/mol. The van der Waals surface area contributed by atoms with Crippen LogP contribution in [0.3, 0.4) is 0 Å². The quantitative estimate of drug-likeness (QED) is 0.743. The summed E-state index contributed by atoms with van der Waals surface area (Å²) in [4.78, 5) is 25.9. The molecule has 3 aliphatic rings. The lowest BCUT2D eigenvalue weighted by Crippen LogP contribution is -2.64. The lowest BCUT2D eigenvalue weighted by atomic mass is 9.83. The molecule has 11 heteroatoms. The first-order valence-corrected chi connectivity index (χ1v) is 10.8. The van der Waals surface area contributed by atoms with Gasteiger partial charge in [0.2, 0.25) is 17.7 Å². The molecule has 0 spiro atoms.